The fourth-order valence-electron chi connectivity index (χ4n) is 16.1. The van der Waals surface area contributed by atoms with E-state index in [9.17, 15) is 5.11 Å². The van der Waals surface area contributed by atoms with Gasteiger partial charge in [0.05, 0.1) is 82.8 Å². The van der Waals surface area contributed by atoms with Crippen molar-refractivity contribution in [2.75, 3.05) is 94.0 Å². The van der Waals surface area contributed by atoms with Gasteiger partial charge in [0, 0.05) is 80.9 Å². The number of hydrogen-bond acceptors (Lipinski definition) is 25. The number of anilines is 8. The van der Waals surface area contributed by atoms with Gasteiger partial charge in [0.25, 0.3) is 0 Å². The molecular weight excluding hydrogens is 1500 g/mol. The van der Waals surface area contributed by atoms with Gasteiger partial charge in [-0.1, -0.05) is 117 Å². The van der Waals surface area contributed by atoms with Gasteiger partial charge in [0.15, 0.2) is 22.6 Å². The number of aliphatic hydroxyl groups is 1. The molecule has 4 aliphatic carbocycles. The highest BCUT2D eigenvalue weighted by Crippen LogP contribution is 2.35. The lowest BCUT2D eigenvalue weighted by Crippen LogP contribution is -2.35. The first kappa shape index (κ1) is 84.3. The van der Waals surface area contributed by atoms with Crippen LogP contribution in [0.3, 0.4) is 0 Å². The van der Waals surface area contributed by atoms with Gasteiger partial charge in [-0.3, -0.25) is 0 Å². The van der Waals surface area contributed by atoms with Gasteiger partial charge < -0.3 is 55.7 Å². The summed E-state index contributed by atoms with van der Waals surface area (Å²) in [5, 5.41) is 53.2. The Morgan fingerprint density at radius 2 is 0.790 bits per heavy atom. The van der Waals surface area contributed by atoms with Crippen LogP contribution in [0.1, 0.15) is 199 Å². The second-order valence-corrected chi connectivity index (χ2v) is 31.2. The summed E-state index contributed by atoms with van der Waals surface area (Å²) in [4.78, 5) is 45.3. The lowest BCUT2D eigenvalue weighted by atomic mass is 9.96. The SMILES string of the molecule is CCN(CC)CC(O)COc1ccc(Nc2ncc3cnn(C4CCCCC4)c3n2)cc1.CCN(CC)CCCOc1ccc(Nc2ncc3cnn(C4CCCCC4)c3n2)cc1.COCCCNCc1ccc(Nc2ncc3cnn(C4CCCCC4)c3n2)cc1.c1ncn(-c2ccc(Nc3ncc4cnn(C5CCCCC5)c4n3)cc2)n1. The van der Waals surface area contributed by atoms with Crippen LogP contribution in [0, 0.1) is 0 Å². The summed E-state index contributed by atoms with van der Waals surface area (Å²) in [6.45, 7) is 17.9. The lowest BCUT2D eigenvalue weighted by molar-refractivity contribution is 0.0716. The number of ether oxygens (including phenoxy) is 3. The zero-order chi connectivity index (χ0) is 81.8. The number of rotatable bonds is 33. The second-order valence-electron chi connectivity index (χ2n) is 31.2. The number of nitrogens with one attached hydrogen (secondary N) is 5. The minimum absolute atomic E-state index is 0.272. The fourth-order valence-corrected chi connectivity index (χ4v) is 16.1. The Balaban J connectivity index is 0.000000130. The second kappa shape index (κ2) is 43.5. The molecule has 9 aromatic heterocycles. The topological polar surface area (TPSA) is 320 Å². The average Bonchev–Trinajstić information content (AvgIpc) is 1.68. The van der Waals surface area contributed by atoms with Gasteiger partial charge in [-0.2, -0.15) is 45.4 Å². The van der Waals surface area contributed by atoms with E-state index >= 15 is 0 Å². The lowest BCUT2D eigenvalue weighted by Gasteiger charge is -2.22. The van der Waals surface area contributed by atoms with E-state index in [1.165, 1.54) is 127 Å². The molecule has 17 rings (SSSR count). The van der Waals surface area contributed by atoms with Crippen LogP contribution in [0.25, 0.3) is 49.8 Å². The molecule has 0 radical (unpaired) electrons. The monoisotopic (exact) mass is 1610 g/mol. The van der Waals surface area contributed by atoms with Gasteiger partial charge >= 0.3 is 0 Å². The summed E-state index contributed by atoms with van der Waals surface area (Å²) >= 11 is 0. The number of nitrogens with zero attached hydrogens (tertiary/aromatic N) is 21. The summed E-state index contributed by atoms with van der Waals surface area (Å²) in [6, 6.07) is 33.7. The van der Waals surface area contributed by atoms with E-state index in [4.69, 9.17) is 34.1 Å². The highest BCUT2D eigenvalue weighted by Gasteiger charge is 2.25. The first-order valence-electron chi connectivity index (χ1n) is 43.3. The van der Waals surface area contributed by atoms with Crippen LogP contribution in [0.5, 0.6) is 11.5 Å². The summed E-state index contributed by atoms with van der Waals surface area (Å²) in [5.74, 6) is 3.95. The van der Waals surface area contributed by atoms with Crippen molar-refractivity contribution < 1.29 is 19.3 Å². The minimum Gasteiger partial charge on any atom is -0.494 e. The van der Waals surface area contributed by atoms with Crippen LogP contribution in [0.15, 0.2) is 159 Å². The highest BCUT2D eigenvalue weighted by molar-refractivity contribution is 5.78. The smallest absolute Gasteiger partial charge is 0.229 e. The maximum Gasteiger partial charge on any atom is 0.229 e. The molecule has 628 valence electrons. The van der Waals surface area contributed by atoms with Crippen LogP contribution in [0.2, 0.25) is 0 Å². The Morgan fingerprint density at radius 1 is 0.420 bits per heavy atom. The van der Waals surface area contributed by atoms with Crippen molar-refractivity contribution in [2.24, 2.45) is 0 Å². The number of benzene rings is 4. The molecule has 4 aromatic carbocycles. The van der Waals surface area contributed by atoms with E-state index in [2.05, 4.69) is 157 Å². The van der Waals surface area contributed by atoms with Gasteiger partial charge in [0.2, 0.25) is 23.8 Å². The number of aromatic nitrogens is 19. The standard InChI is InChI=1S/C24H34N6O2.C24H34N6O.C22H30N6O.C19H20N8/c1-3-29(4-2)16-21(31)17-32-22-12-10-19(11-13-22)27-24-25-14-18-15-26-30(23(18)28-24)20-8-6-5-7-9-20;1-3-29(4-2)15-8-16-31-22-13-11-20(12-14-22)27-24-25-17-19-18-26-30(23(19)28-24)21-9-6-5-7-10-21;1-29-13-5-12-23-14-17-8-10-19(11-9-17)26-22-24-15-18-16-25-28(21(18)27-22)20-6-3-2-4-7-20;1-2-4-17(5-3-1)27-18-14(11-22-27)10-21-19(25-18)24-15-6-8-16(9-7-15)26-13-20-12-23-26/h10-15,20-21,31H,3-9,16-17H2,1-2H3,(H,25,27,28);11-14,17-18,21H,3-10,15-16H2,1-2H3,(H,25,27,28);8-11,15-16,20,23H,2-7,12-14H2,1H3,(H,24,26,27);6-13,17H,1-5H2,(H,21,24,25). The molecule has 13 aromatic rings. The molecule has 4 fully saturated rings. The van der Waals surface area contributed by atoms with Crippen molar-refractivity contribution in [3.05, 3.63) is 165 Å². The van der Waals surface area contributed by atoms with Crippen molar-refractivity contribution in [3.63, 3.8) is 0 Å². The molecule has 1 atom stereocenters. The third-order valence-electron chi connectivity index (χ3n) is 22.9. The molecule has 0 aliphatic heterocycles. The average molecular weight is 1620 g/mol. The van der Waals surface area contributed by atoms with Crippen LogP contribution in [0.4, 0.5) is 46.5 Å². The van der Waals surface area contributed by atoms with E-state index < -0.39 is 6.10 Å². The maximum atomic E-state index is 10.2. The Labute approximate surface area is 697 Å². The quantitative estimate of drug-likeness (QED) is 0.0208. The third-order valence-corrected chi connectivity index (χ3v) is 22.9. The summed E-state index contributed by atoms with van der Waals surface area (Å²) in [5.41, 5.74) is 9.55. The van der Waals surface area contributed by atoms with Crippen molar-refractivity contribution in [1.82, 2.24) is 109 Å². The third kappa shape index (κ3) is 23.6. The zero-order valence-electron chi connectivity index (χ0n) is 69.8. The summed E-state index contributed by atoms with van der Waals surface area (Å²) in [6.07, 6.45) is 44.4. The predicted molar refractivity (Wildman–Crippen MR) is 469 cm³/mol. The molecule has 0 spiro atoms. The molecule has 1 unspecified atom stereocenters. The van der Waals surface area contributed by atoms with Crippen molar-refractivity contribution in [2.45, 2.75) is 206 Å². The Hall–Kier alpha value is -11.2. The van der Waals surface area contributed by atoms with Crippen molar-refractivity contribution in [1.29, 1.82) is 0 Å². The highest BCUT2D eigenvalue weighted by atomic mass is 16.5. The Kier molecular flexibility index (Phi) is 30.8. The van der Waals surface area contributed by atoms with E-state index in [0.717, 1.165) is 169 Å². The van der Waals surface area contributed by atoms with Crippen molar-refractivity contribution in [3.8, 4) is 17.2 Å². The van der Waals surface area contributed by atoms with E-state index in [1.54, 1.807) is 18.1 Å². The van der Waals surface area contributed by atoms with Crippen LogP contribution >= 0.6 is 0 Å². The van der Waals surface area contributed by atoms with Gasteiger partial charge in [-0.25, -0.2) is 48.3 Å². The molecule has 30 heteroatoms. The van der Waals surface area contributed by atoms with Crippen LogP contribution in [-0.4, -0.2) is 188 Å². The van der Waals surface area contributed by atoms with Crippen LogP contribution in [-0.2, 0) is 11.3 Å². The normalized spacial score (nSPS) is 15.3. The molecule has 0 bridgehead atoms. The molecule has 30 nitrogen and oxygen atoms in total. The number of methoxy groups -OCH3 is 1. The van der Waals surface area contributed by atoms with Crippen molar-refractivity contribution >= 4 is 90.7 Å². The Bertz CT molecular complexity index is 5140. The largest absolute Gasteiger partial charge is 0.494 e. The predicted octanol–water partition coefficient (Wildman–Crippen LogP) is 17.2. The molecular formula is C89H118N26O4. The number of aliphatic hydroxyl groups excluding tert-OH is 1. The molecule has 6 N–H and O–H groups in total. The first-order chi connectivity index (χ1) is 58.6. The van der Waals surface area contributed by atoms with E-state index in [-0.39, 0.29) is 6.61 Å². The van der Waals surface area contributed by atoms with Crippen LogP contribution < -0.4 is 36.1 Å². The van der Waals surface area contributed by atoms with E-state index in [1.807, 2.05) is 122 Å². The fraction of sp³-hybridized carbons (Fsp3) is 0.483. The Morgan fingerprint density at radius 3 is 1.15 bits per heavy atom. The summed E-state index contributed by atoms with van der Waals surface area (Å²) in [7, 11) is 1.73. The number of hydrogen-bond donors (Lipinski definition) is 6. The van der Waals surface area contributed by atoms with Gasteiger partial charge in [-0.15, -0.1) is 0 Å². The minimum atomic E-state index is -0.512. The molecule has 119 heavy (non-hydrogen) atoms. The molecule has 4 aliphatic rings. The van der Waals surface area contributed by atoms with Gasteiger partial charge in [-0.05, 0) is 187 Å². The number of likely N-dealkylation sites (N-methyl/N-ethyl adjacent to an activating group) is 1. The molecule has 4 saturated carbocycles. The van der Waals surface area contributed by atoms with Gasteiger partial charge in [0.1, 0.15) is 36.9 Å². The summed E-state index contributed by atoms with van der Waals surface area (Å²) < 4.78 is 26.8. The molecule has 9 heterocycles. The zero-order valence-corrected chi connectivity index (χ0v) is 69.8. The number of fused-ring (bicyclic) bond motifs is 4. The first-order valence-corrected chi connectivity index (χ1v) is 43.3. The van der Waals surface area contributed by atoms with E-state index in [0.29, 0.717) is 54.5 Å². The molecule has 0 amide bonds. The molecule has 0 saturated heterocycles. The maximum absolute atomic E-state index is 10.2.